The maximum atomic E-state index is 12.3. The van der Waals surface area contributed by atoms with Crippen LogP contribution in [0, 0.1) is 6.92 Å². The number of halogens is 1. The van der Waals surface area contributed by atoms with Crippen molar-refractivity contribution in [2.75, 3.05) is 13.1 Å². The van der Waals surface area contributed by atoms with E-state index in [1.54, 1.807) is 24.3 Å². The van der Waals surface area contributed by atoms with Crippen LogP contribution in [-0.2, 0) is 0 Å². The Morgan fingerprint density at radius 1 is 1.04 bits per heavy atom. The maximum Gasteiger partial charge on any atom is 0.272 e. The molecule has 0 unspecified atom stereocenters. The van der Waals surface area contributed by atoms with E-state index in [1.165, 1.54) is 0 Å². The van der Waals surface area contributed by atoms with Crippen molar-refractivity contribution in [3.63, 3.8) is 0 Å². The summed E-state index contributed by atoms with van der Waals surface area (Å²) in [6.45, 7) is 2.58. The molecular weight excluding hydrogens is 340 g/mol. The van der Waals surface area contributed by atoms with Crippen molar-refractivity contribution in [3.8, 4) is 0 Å². The number of aryl methyl sites for hydroxylation is 1. The van der Waals surface area contributed by atoms with Gasteiger partial charge >= 0.3 is 0 Å². The van der Waals surface area contributed by atoms with Crippen LogP contribution in [0.4, 0.5) is 0 Å². The van der Waals surface area contributed by atoms with Gasteiger partial charge in [0.25, 0.3) is 11.8 Å². The summed E-state index contributed by atoms with van der Waals surface area (Å²) in [6.07, 6.45) is 0. The fourth-order valence-corrected chi connectivity index (χ4v) is 2.57. The lowest BCUT2D eigenvalue weighted by atomic mass is 10.1. The number of aromatic nitrogens is 2. The first-order chi connectivity index (χ1) is 12.0. The Morgan fingerprint density at radius 3 is 2.44 bits per heavy atom. The Hall–Kier alpha value is -2.86. The van der Waals surface area contributed by atoms with E-state index in [0.29, 0.717) is 29.4 Å². The molecule has 3 N–H and O–H groups in total. The van der Waals surface area contributed by atoms with Crippen molar-refractivity contribution in [2.24, 2.45) is 0 Å². The van der Waals surface area contributed by atoms with Crippen LogP contribution in [0.2, 0.25) is 5.02 Å². The molecule has 3 rings (SSSR count). The molecule has 0 aliphatic rings. The summed E-state index contributed by atoms with van der Waals surface area (Å²) in [6, 6.07) is 12.4. The number of carbonyl (C=O) groups excluding carboxylic acids is 2. The lowest BCUT2D eigenvalue weighted by Gasteiger charge is -2.06. The number of hydrogen-bond donors (Lipinski definition) is 3. The molecular formula is C18H17ClN4O2. The number of H-pyrrole nitrogens is 1. The van der Waals surface area contributed by atoms with Crippen LogP contribution in [0.15, 0.2) is 42.5 Å². The lowest BCUT2D eigenvalue weighted by molar-refractivity contribution is 0.0926. The number of amides is 2. The predicted octanol–water partition coefficient (Wildman–Crippen LogP) is 2.68. The quantitative estimate of drug-likeness (QED) is 0.614. The van der Waals surface area contributed by atoms with E-state index in [-0.39, 0.29) is 11.8 Å². The molecule has 0 fully saturated rings. The Morgan fingerprint density at radius 2 is 1.72 bits per heavy atom. The Bertz CT molecular complexity index is 918. The summed E-state index contributed by atoms with van der Waals surface area (Å²) in [4.78, 5) is 24.2. The standard InChI is InChI=1S/C18H17ClN4O2/c1-11-2-7-15-14(10-11)16(23-22-15)18(25)21-9-8-20-17(24)12-3-5-13(19)6-4-12/h2-7,10H,8-9H2,1H3,(H,20,24)(H,21,25)(H,22,23). The first kappa shape index (κ1) is 17.0. The second kappa shape index (κ2) is 7.36. The number of hydrogen-bond acceptors (Lipinski definition) is 3. The van der Waals surface area contributed by atoms with E-state index in [2.05, 4.69) is 20.8 Å². The third kappa shape index (κ3) is 3.97. The average Bonchev–Trinajstić information content (AvgIpc) is 3.02. The molecule has 128 valence electrons. The summed E-state index contributed by atoms with van der Waals surface area (Å²) >= 11 is 5.79. The molecule has 0 bridgehead atoms. The number of nitrogens with zero attached hydrogens (tertiary/aromatic N) is 1. The molecule has 2 aromatic carbocycles. The van der Waals surface area contributed by atoms with Gasteiger partial charge in [-0.1, -0.05) is 23.2 Å². The molecule has 7 heteroatoms. The number of nitrogens with one attached hydrogen (secondary N) is 3. The van der Waals surface area contributed by atoms with Crippen molar-refractivity contribution in [2.45, 2.75) is 6.92 Å². The minimum Gasteiger partial charge on any atom is -0.350 e. The van der Waals surface area contributed by atoms with Crippen LogP contribution in [0.1, 0.15) is 26.4 Å². The number of benzene rings is 2. The molecule has 0 radical (unpaired) electrons. The van der Waals surface area contributed by atoms with Crippen LogP contribution >= 0.6 is 11.6 Å². The second-order valence-electron chi connectivity index (χ2n) is 5.64. The zero-order valence-electron chi connectivity index (χ0n) is 13.6. The highest BCUT2D eigenvalue weighted by Crippen LogP contribution is 2.17. The SMILES string of the molecule is Cc1ccc2[nH]nc(C(=O)NCCNC(=O)c3ccc(Cl)cc3)c2c1. The molecule has 0 aliphatic carbocycles. The molecule has 6 nitrogen and oxygen atoms in total. The van der Waals surface area contributed by atoms with Gasteiger partial charge in [0.05, 0.1) is 5.52 Å². The van der Waals surface area contributed by atoms with Crippen LogP contribution in [0.25, 0.3) is 10.9 Å². The minimum atomic E-state index is -0.280. The predicted molar refractivity (Wildman–Crippen MR) is 96.9 cm³/mol. The van der Waals surface area contributed by atoms with Crippen LogP contribution in [0.5, 0.6) is 0 Å². The van der Waals surface area contributed by atoms with Gasteiger partial charge in [-0.15, -0.1) is 0 Å². The molecule has 3 aromatic rings. The van der Waals surface area contributed by atoms with Crippen LogP contribution in [-0.4, -0.2) is 35.1 Å². The molecule has 0 aliphatic heterocycles. The van der Waals surface area contributed by atoms with E-state index >= 15 is 0 Å². The van der Waals surface area contributed by atoms with E-state index in [4.69, 9.17) is 11.6 Å². The zero-order valence-corrected chi connectivity index (χ0v) is 14.4. The highest BCUT2D eigenvalue weighted by atomic mass is 35.5. The Balaban J connectivity index is 1.53. The number of rotatable bonds is 5. The van der Waals surface area contributed by atoms with Crippen LogP contribution in [0.3, 0.4) is 0 Å². The highest BCUT2D eigenvalue weighted by Gasteiger charge is 2.13. The molecule has 0 atom stereocenters. The fourth-order valence-electron chi connectivity index (χ4n) is 2.44. The van der Waals surface area contributed by atoms with Gasteiger partial charge in [-0.3, -0.25) is 14.7 Å². The normalized spacial score (nSPS) is 10.6. The van der Waals surface area contributed by atoms with Gasteiger partial charge in [0.1, 0.15) is 0 Å². The smallest absolute Gasteiger partial charge is 0.272 e. The summed E-state index contributed by atoms with van der Waals surface area (Å²) in [7, 11) is 0. The third-order valence-electron chi connectivity index (χ3n) is 3.74. The summed E-state index contributed by atoms with van der Waals surface area (Å²) < 4.78 is 0. The number of carbonyl (C=O) groups is 2. The molecule has 0 spiro atoms. The van der Waals surface area contributed by atoms with Crippen molar-refractivity contribution in [1.82, 2.24) is 20.8 Å². The summed E-state index contributed by atoms with van der Waals surface area (Å²) in [5, 5.41) is 13.8. The van der Waals surface area contributed by atoms with E-state index in [0.717, 1.165) is 16.5 Å². The van der Waals surface area contributed by atoms with Crippen molar-refractivity contribution in [3.05, 3.63) is 64.3 Å². The molecule has 1 aromatic heterocycles. The Labute approximate surface area is 149 Å². The zero-order chi connectivity index (χ0) is 17.8. The van der Waals surface area contributed by atoms with E-state index < -0.39 is 0 Å². The van der Waals surface area contributed by atoms with Gasteiger partial charge in [-0.05, 0) is 43.3 Å². The fraction of sp³-hybridized carbons (Fsp3) is 0.167. The van der Waals surface area contributed by atoms with Crippen LogP contribution < -0.4 is 10.6 Å². The topological polar surface area (TPSA) is 86.9 Å². The van der Waals surface area contributed by atoms with Crippen molar-refractivity contribution >= 4 is 34.3 Å². The lowest BCUT2D eigenvalue weighted by Crippen LogP contribution is -2.34. The van der Waals surface area contributed by atoms with Gasteiger partial charge < -0.3 is 10.6 Å². The summed E-state index contributed by atoms with van der Waals surface area (Å²) in [5.41, 5.74) is 2.73. The third-order valence-corrected chi connectivity index (χ3v) is 3.99. The monoisotopic (exact) mass is 356 g/mol. The van der Waals surface area contributed by atoms with E-state index in [1.807, 2.05) is 25.1 Å². The molecule has 2 amide bonds. The highest BCUT2D eigenvalue weighted by molar-refractivity contribution is 6.30. The maximum absolute atomic E-state index is 12.3. The average molecular weight is 357 g/mol. The minimum absolute atomic E-state index is 0.216. The van der Waals surface area contributed by atoms with Gasteiger partial charge in [0.2, 0.25) is 0 Å². The first-order valence-corrected chi connectivity index (χ1v) is 8.19. The molecule has 0 saturated heterocycles. The van der Waals surface area contributed by atoms with Gasteiger partial charge in [0.15, 0.2) is 5.69 Å². The van der Waals surface area contributed by atoms with Crippen molar-refractivity contribution in [1.29, 1.82) is 0 Å². The molecule has 0 saturated carbocycles. The first-order valence-electron chi connectivity index (χ1n) is 7.81. The molecule has 25 heavy (non-hydrogen) atoms. The van der Waals surface area contributed by atoms with E-state index in [9.17, 15) is 9.59 Å². The van der Waals surface area contributed by atoms with Crippen molar-refractivity contribution < 1.29 is 9.59 Å². The summed E-state index contributed by atoms with van der Waals surface area (Å²) in [5.74, 6) is -0.496. The largest absolute Gasteiger partial charge is 0.350 e. The Kier molecular flexibility index (Phi) is 5.00. The van der Waals surface area contributed by atoms with Gasteiger partial charge in [0, 0.05) is 29.1 Å². The second-order valence-corrected chi connectivity index (χ2v) is 6.08. The number of aromatic amines is 1. The number of fused-ring (bicyclic) bond motifs is 1. The van der Waals surface area contributed by atoms with Gasteiger partial charge in [-0.25, -0.2) is 0 Å². The van der Waals surface area contributed by atoms with Gasteiger partial charge in [-0.2, -0.15) is 5.10 Å². The molecule has 1 heterocycles.